The van der Waals surface area contributed by atoms with Gasteiger partial charge in [0.1, 0.15) is 5.75 Å². The van der Waals surface area contributed by atoms with Crippen molar-refractivity contribution in [1.82, 2.24) is 14.7 Å². The van der Waals surface area contributed by atoms with Gasteiger partial charge in [-0.15, -0.1) is 0 Å². The minimum absolute atomic E-state index is 0.0969. The van der Waals surface area contributed by atoms with Crippen LogP contribution in [0.1, 0.15) is 24.5 Å². The van der Waals surface area contributed by atoms with Crippen molar-refractivity contribution in [3.05, 3.63) is 38.5 Å². The van der Waals surface area contributed by atoms with Crippen molar-refractivity contribution in [3.63, 3.8) is 0 Å². The number of piperazine rings is 1. The summed E-state index contributed by atoms with van der Waals surface area (Å²) in [5.41, 5.74) is 0.202. The molecular formula is C19H21Br2F3N4O2. The summed E-state index contributed by atoms with van der Waals surface area (Å²) in [5.74, 6) is 0.713. The van der Waals surface area contributed by atoms with E-state index in [0.29, 0.717) is 31.7 Å². The molecule has 2 aromatic rings. The molecule has 1 aliphatic rings. The highest BCUT2D eigenvalue weighted by Crippen LogP contribution is 2.37. The number of nitrogens with zero attached hydrogens (tertiary/aromatic N) is 4. The van der Waals surface area contributed by atoms with Crippen molar-refractivity contribution in [2.24, 2.45) is 0 Å². The minimum Gasteiger partial charge on any atom is -0.495 e. The van der Waals surface area contributed by atoms with Crippen LogP contribution in [0.3, 0.4) is 0 Å². The topological polar surface area (TPSA) is 50.6 Å². The quantitative estimate of drug-likeness (QED) is 0.504. The lowest BCUT2D eigenvalue weighted by Crippen LogP contribution is -2.54. The molecule has 11 heteroatoms. The Labute approximate surface area is 189 Å². The maximum Gasteiger partial charge on any atom is 0.436 e. The van der Waals surface area contributed by atoms with Crippen molar-refractivity contribution < 1.29 is 22.7 Å². The molecule has 1 aliphatic heterocycles. The SMILES string of the molecule is COc1cc(N2CCN(C(C=O)n3nc(C(F)(F)F)c(Br)c3C)[C@@H](C)C2)ccc1Br. The van der Waals surface area contributed by atoms with E-state index in [1.54, 1.807) is 7.11 Å². The molecule has 1 unspecified atom stereocenters. The van der Waals surface area contributed by atoms with Crippen molar-refractivity contribution in [1.29, 1.82) is 0 Å². The minimum atomic E-state index is -4.60. The number of aromatic nitrogens is 2. The van der Waals surface area contributed by atoms with E-state index in [-0.39, 0.29) is 16.2 Å². The van der Waals surface area contributed by atoms with Gasteiger partial charge in [0.15, 0.2) is 18.1 Å². The summed E-state index contributed by atoms with van der Waals surface area (Å²) >= 11 is 6.41. The number of hydrogen-bond donors (Lipinski definition) is 0. The molecule has 0 aliphatic carbocycles. The first-order valence-electron chi connectivity index (χ1n) is 9.19. The van der Waals surface area contributed by atoms with Gasteiger partial charge < -0.3 is 9.64 Å². The Hall–Kier alpha value is -1.59. The fourth-order valence-electron chi connectivity index (χ4n) is 3.66. The van der Waals surface area contributed by atoms with Crippen LogP contribution in [0, 0.1) is 6.92 Å². The van der Waals surface area contributed by atoms with Gasteiger partial charge in [-0.25, -0.2) is 4.68 Å². The van der Waals surface area contributed by atoms with Crippen LogP contribution in [0.5, 0.6) is 5.75 Å². The van der Waals surface area contributed by atoms with E-state index in [1.165, 1.54) is 6.92 Å². The monoisotopic (exact) mass is 552 g/mol. The third kappa shape index (κ3) is 4.38. The number of hydrogen-bond acceptors (Lipinski definition) is 5. The van der Waals surface area contributed by atoms with Crippen molar-refractivity contribution in [3.8, 4) is 5.75 Å². The molecule has 0 bridgehead atoms. The van der Waals surface area contributed by atoms with Gasteiger partial charge in [-0.1, -0.05) is 0 Å². The fraction of sp³-hybridized carbons (Fsp3) is 0.474. The average molecular weight is 554 g/mol. The molecule has 2 heterocycles. The van der Waals surface area contributed by atoms with E-state index in [0.717, 1.165) is 14.8 Å². The standard InChI is InChI=1S/C19H21Br2F3N4O2/c1-11-9-26(13-4-5-14(20)15(8-13)30-3)6-7-27(11)16(10-29)28-12(2)17(21)18(25-28)19(22,23)24/h4-5,8,10-11,16H,6-7,9H2,1-3H3/t11-,16?/m0/s1. The second kappa shape index (κ2) is 8.88. The lowest BCUT2D eigenvalue weighted by molar-refractivity contribution is -0.142. The van der Waals surface area contributed by atoms with Crippen molar-refractivity contribution in [2.75, 3.05) is 31.6 Å². The Morgan fingerprint density at radius 3 is 2.53 bits per heavy atom. The van der Waals surface area contributed by atoms with Gasteiger partial charge in [0.25, 0.3) is 0 Å². The third-order valence-corrected chi connectivity index (χ3v) is 6.84. The molecular weight excluding hydrogens is 533 g/mol. The van der Waals surface area contributed by atoms with Gasteiger partial charge in [0.2, 0.25) is 0 Å². The third-order valence-electron chi connectivity index (χ3n) is 5.24. The first-order chi connectivity index (χ1) is 14.1. The maximum atomic E-state index is 13.2. The van der Waals surface area contributed by atoms with Gasteiger partial charge in [0, 0.05) is 37.4 Å². The predicted octanol–water partition coefficient (Wildman–Crippen LogP) is 4.65. The van der Waals surface area contributed by atoms with E-state index in [2.05, 4.69) is 41.9 Å². The lowest BCUT2D eigenvalue weighted by Gasteiger charge is -2.43. The van der Waals surface area contributed by atoms with E-state index in [4.69, 9.17) is 4.74 Å². The van der Waals surface area contributed by atoms with Crippen LogP contribution < -0.4 is 9.64 Å². The number of ether oxygens (including phenoxy) is 1. The van der Waals surface area contributed by atoms with E-state index in [9.17, 15) is 18.0 Å². The second-order valence-corrected chi connectivity index (χ2v) is 8.74. The molecule has 1 aromatic carbocycles. The zero-order chi connectivity index (χ0) is 22.2. The fourth-order valence-corrected chi connectivity index (χ4v) is 4.55. The summed E-state index contributed by atoms with van der Waals surface area (Å²) in [6, 6.07) is 5.70. The molecule has 2 atom stereocenters. The van der Waals surface area contributed by atoms with Crippen LogP contribution in [0.25, 0.3) is 0 Å². The summed E-state index contributed by atoms with van der Waals surface area (Å²) in [7, 11) is 1.60. The number of anilines is 1. The number of carbonyl (C=O) groups excluding carboxylic acids is 1. The first-order valence-corrected chi connectivity index (χ1v) is 10.8. The zero-order valence-electron chi connectivity index (χ0n) is 16.6. The number of aldehydes is 1. The van der Waals surface area contributed by atoms with Crippen molar-refractivity contribution >= 4 is 43.8 Å². The number of methoxy groups -OCH3 is 1. The van der Waals surface area contributed by atoms with Crippen molar-refractivity contribution in [2.45, 2.75) is 32.2 Å². The van der Waals surface area contributed by atoms with E-state index in [1.807, 2.05) is 30.0 Å². The molecule has 0 spiro atoms. The van der Waals surface area contributed by atoms with Crippen LogP contribution >= 0.6 is 31.9 Å². The van der Waals surface area contributed by atoms with Gasteiger partial charge in [-0.05, 0) is 57.8 Å². The molecule has 1 aromatic heterocycles. The Morgan fingerprint density at radius 2 is 2.00 bits per heavy atom. The molecule has 30 heavy (non-hydrogen) atoms. The Kier molecular flexibility index (Phi) is 6.83. The number of rotatable bonds is 5. The maximum absolute atomic E-state index is 13.2. The Balaban J connectivity index is 1.83. The van der Waals surface area contributed by atoms with E-state index >= 15 is 0 Å². The number of alkyl halides is 3. The van der Waals surface area contributed by atoms with Gasteiger partial charge >= 0.3 is 6.18 Å². The van der Waals surface area contributed by atoms with Crippen LogP contribution in [0.4, 0.5) is 18.9 Å². The second-order valence-electron chi connectivity index (χ2n) is 7.09. The van der Waals surface area contributed by atoms with Crippen LogP contribution in [-0.2, 0) is 11.0 Å². The highest BCUT2D eigenvalue weighted by molar-refractivity contribution is 9.10. The molecule has 1 fully saturated rings. The Bertz CT molecular complexity index is 935. The molecule has 164 valence electrons. The Morgan fingerprint density at radius 1 is 1.30 bits per heavy atom. The molecule has 0 N–H and O–H groups in total. The lowest BCUT2D eigenvalue weighted by atomic mass is 10.1. The van der Waals surface area contributed by atoms with Gasteiger partial charge in [-0.3, -0.25) is 9.69 Å². The average Bonchev–Trinajstić information content (AvgIpc) is 2.99. The molecule has 1 saturated heterocycles. The van der Waals surface area contributed by atoms with Gasteiger partial charge in [-0.2, -0.15) is 18.3 Å². The largest absolute Gasteiger partial charge is 0.495 e. The summed E-state index contributed by atoms with van der Waals surface area (Å²) < 4.78 is 46.9. The number of halogens is 5. The van der Waals surface area contributed by atoms with Crippen LogP contribution in [-0.4, -0.2) is 53.8 Å². The smallest absolute Gasteiger partial charge is 0.436 e. The van der Waals surface area contributed by atoms with Gasteiger partial charge in [0.05, 0.1) is 21.7 Å². The van der Waals surface area contributed by atoms with Crippen LogP contribution in [0.2, 0.25) is 0 Å². The number of benzene rings is 1. The summed E-state index contributed by atoms with van der Waals surface area (Å²) in [6.45, 7) is 5.15. The molecule has 6 nitrogen and oxygen atoms in total. The summed E-state index contributed by atoms with van der Waals surface area (Å²) in [5, 5.41) is 3.71. The molecule has 0 amide bonds. The molecule has 0 saturated carbocycles. The summed E-state index contributed by atoms with van der Waals surface area (Å²) in [4.78, 5) is 15.9. The summed E-state index contributed by atoms with van der Waals surface area (Å²) in [6.07, 6.45) is -4.89. The van der Waals surface area contributed by atoms with Crippen LogP contribution in [0.15, 0.2) is 27.1 Å². The zero-order valence-corrected chi connectivity index (χ0v) is 19.8. The number of carbonyl (C=O) groups is 1. The van der Waals surface area contributed by atoms with E-state index < -0.39 is 18.0 Å². The predicted molar refractivity (Wildman–Crippen MR) is 114 cm³/mol. The first kappa shape index (κ1) is 23.1. The normalized spacial score (nSPS) is 19.1. The molecule has 0 radical (unpaired) electrons. The highest BCUT2D eigenvalue weighted by Gasteiger charge is 2.40. The highest BCUT2D eigenvalue weighted by atomic mass is 79.9. The molecule has 3 rings (SSSR count).